The third kappa shape index (κ3) is 2.49. The highest BCUT2D eigenvalue weighted by Crippen LogP contribution is 2.26. The second-order valence-electron chi connectivity index (χ2n) is 4.96. The fraction of sp³-hybridized carbons (Fsp3) is 0. The summed E-state index contributed by atoms with van der Waals surface area (Å²) in [5, 5.41) is 14.8. The quantitative estimate of drug-likeness (QED) is 0.351. The van der Waals surface area contributed by atoms with Gasteiger partial charge in [-0.05, 0) is 23.2 Å². The van der Waals surface area contributed by atoms with Crippen molar-refractivity contribution in [1.82, 2.24) is 9.97 Å². The van der Waals surface area contributed by atoms with Gasteiger partial charge in [0.25, 0.3) is 0 Å². The lowest BCUT2D eigenvalue weighted by atomic mass is 10.2. The van der Waals surface area contributed by atoms with E-state index in [1.807, 2.05) is 41.8 Å². The third-order valence-corrected chi connectivity index (χ3v) is 4.77. The SMILES string of the molecule is O[C-](c1c[s+][c-](-c2cccnc2)n1)[n+]1ccc2c(Cl)ccc[c-]21. The fourth-order valence-corrected chi connectivity index (χ4v) is 3.46. The van der Waals surface area contributed by atoms with Gasteiger partial charge in [-0.2, -0.15) is 0 Å². The van der Waals surface area contributed by atoms with E-state index in [0.29, 0.717) is 10.7 Å². The van der Waals surface area contributed by atoms with Gasteiger partial charge in [0.05, 0.1) is 5.52 Å². The number of hydrogen-bond donors (Lipinski definition) is 1. The molecule has 1 aromatic carbocycles. The van der Waals surface area contributed by atoms with Crippen molar-refractivity contribution in [2.75, 3.05) is 0 Å². The lowest BCUT2D eigenvalue weighted by Crippen LogP contribution is -2.39. The molecule has 0 saturated carbocycles. The Morgan fingerprint density at radius 1 is 1.26 bits per heavy atom. The molecule has 0 atom stereocenters. The second-order valence-corrected chi connectivity index (χ2v) is 6.23. The van der Waals surface area contributed by atoms with Crippen molar-refractivity contribution in [2.45, 2.75) is 0 Å². The zero-order chi connectivity index (χ0) is 15.8. The molecule has 4 nitrogen and oxygen atoms in total. The molecule has 0 fully saturated rings. The summed E-state index contributed by atoms with van der Waals surface area (Å²) in [6.07, 6.45) is 5.34. The highest BCUT2D eigenvalue weighted by molar-refractivity contribution is 7.13. The van der Waals surface area contributed by atoms with Gasteiger partial charge in [0.1, 0.15) is 11.6 Å². The number of halogens is 1. The molecule has 3 heterocycles. The Bertz CT molecular complexity index is 964. The van der Waals surface area contributed by atoms with Crippen molar-refractivity contribution < 1.29 is 9.67 Å². The fourth-order valence-electron chi connectivity index (χ4n) is 2.44. The highest BCUT2D eigenvalue weighted by atomic mass is 35.5. The number of pyridine rings is 1. The van der Waals surface area contributed by atoms with Crippen molar-refractivity contribution in [1.29, 1.82) is 0 Å². The number of rotatable bonds is 3. The van der Waals surface area contributed by atoms with Crippen molar-refractivity contribution in [3.8, 4) is 10.6 Å². The zero-order valence-corrected chi connectivity index (χ0v) is 13.4. The first-order chi connectivity index (χ1) is 11.2. The molecular weight excluding hydrogens is 330 g/mol. The normalized spacial score (nSPS) is 11.0. The molecule has 0 aliphatic rings. The predicted octanol–water partition coefficient (Wildman–Crippen LogP) is 3.78. The molecule has 4 aromatic rings. The van der Waals surface area contributed by atoms with Gasteiger partial charge < -0.3 is 14.7 Å². The molecule has 1 N–H and O–H groups in total. The summed E-state index contributed by atoms with van der Waals surface area (Å²) in [5.74, 6) is 0. The maximum Gasteiger partial charge on any atom is 0.249 e. The van der Waals surface area contributed by atoms with Crippen LogP contribution < -0.4 is 4.57 Å². The van der Waals surface area contributed by atoms with Crippen LogP contribution in [0.15, 0.2) is 60.4 Å². The van der Waals surface area contributed by atoms with Crippen molar-refractivity contribution >= 4 is 33.8 Å². The average molecular weight is 341 g/mol. The molecule has 0 bridgehead atoms. The molecule has 114 valence electrons. The number of thiazole rings is 1. The lowest BCUT2D eigenvalue weighted by Gasteiger charge is -2.15. The monoisotopic (exact) mass is 340 g/mol. The summed E-state index contributed by atoms with van der Waals surface area (Å²) in [6, 6.07) is 11.3. The summed E-state index contributed by atoms with van der Waals surface area (Å²) < 4.78 is 1.68. The summed E-state index contributed by atoms with van der Waals surface area (Å²) in [4.78, 5) is 8.60. The Morgan fingerprint density at radius 3 is 3.00 bits per heavy atom. The third-order valence-electron chi connectivity index (χ3n) is 3.55. The predicted molar refractivity (Wildman–Crippen MR) is 89.8 cm³/mol. The van der Waals surface area contributed by atoms with E-state index < -0.39 is 0 Å². The summed E-state index contributed by atoms with van der Waals surface area (Å²) in [5.41, 5.74) is 2.29. The molecule has 0 radical (unpaired) electrons. The molecular formula is C17H11ClN3OS-. The van der Waals surface area contributed by atoms with Gasteiger partial charge in [-0.15, -0.1) is 6.07 Å². The van der Waals surface area contributed by atoms with Crippen LogP contribution in [0.2, 0.25) is 5.02 Å². The first-order valence-electron chi connectivity index (χ1n) is 6.92. The van der Waals surface area contributed by atoms with Crippen molar-refractivity contribution in [3.63, 3.8) is 0 Å². The largest absolute Gasteiger partial charge is 0.404 e. The molecule has 0 amide bonds. The van der Waals surface area contributed by atoms with E-state index in [1.54, 1.807) is 23.2 Å². The first kappa shape index (κ1) is 14.3. The van der Waals surface area contributed by atoms with Crippen LogP contribution in [-0.2, 0) is 0 Å². The topological polar surface area (TPSA) is 49.9 Å². The van der Waals surface area contributed by atoms with Gasteiger partial charge in [0, 0.05) is 23.1 Å². The number of benzene rings is 1. The molecule has 0 aliphatic heterocycles. The lowest BCUT2D eigenvalue weighted by molar-refractivity contribution is -0.652. The number of aliphatic hydroxyl groups is 1. The average Bonchev–Trinajstić information content (AvgIpc) is 3.23. The molecule has 0 saturated heterocycles. The molecule has 4 rings (SSSR count). The molecule has 23 heavy (non-hydrogen) atoms. The van der Waals surface area contributed by atoms with E-state index in [0.717, 1.165) is 21.5 Å². The van der Waals surface area contributed by atoms with Gasteiger partial charge in [-0.3, -0.25) is 4.98 Å². The highest BCUT2D eigenvalue weighted by Gasteiger charge is 2.16. The van der Waals surface area contributed by atoms with Gasteiger partial charge in [0.15, 0.2) is 11.3 Å². The minimum absolute atomic E-state index is 0.0775. The van der Waals surface area contributed by atoms with Gasteiger partial charge in [-0.25, -0.2) is 0 Å². The van der Waals surface area contributed by atoms with E-state index in [1.165, 1.54) is 11.3 Å². The van der Waals surface area contributed by atoms with E-state index in [4.69, 9.17) is 11.6 Å². The Balaban J connectivity index is 1.73. The Hall–Kier alpha value is -2.34. The van der Waals surface area contributed by atoms with Gasteiger partial charge >= 0.3 is 0 Å². The number of aliphatic hydroxyl groups excluding tert-OH is 1. The van der Waals surface area contributed by atoms with E-state index in [9.17, 15) is 5.11 Å². The molecule has 6 heteroatoms. The van der Waals surface area contributed by atoms with Crippen LogP contribution in [0.3, 0.4) is 0 Å². The Kier molecular flexibility index (Phi) is 3.53. The number of hydrogen-bond acceptors (Lipinski definition) is 3. The maximum atomic E-state index is 10.6. The van der Waals surface area contributed by atoms with Crippen LogP contribution in [0.4, 0.5) is 0 Å². The molecule has 3 aromatic heterocycles. The molecule has 0 unspecified atom stereocenters. The maximum absolute atomic E-state index is 10.6. The van der Waals surface area contributed by atoms with Crippen LogP contribution >= 0.6 is 22.9 Å². The standard InChI is InChI=1S/C17H11ClN3OS/c18-13-4-1-5-15-12(13)6-8-21(15)17(22)14-10-23-16(20-14)11-3-2-7-19-9-11/h1-10,22H/q-1. The van der Waals surface area contributed by atoms with Crippen LogP contribution in [0.5, 0.6) is 0 Å². The first-order valence-corrected chi connectivity index (χ1v) is 8.18. The summed E-state index contributed by atoms with van der Waals surface area (Å²) in [7, 11) is 0. The summed E-state index contributed by atoms with van der Waals surface area (Å²) >= 11 is 7.65. The molecule has 0 aliphatic carbocycles. The number of aromatic nitrogens is 3. The number of nitrogens with zero attached hydrogens (tertiary/aromatic N) is 3. The van der Waals surface area contributed by atoms with E-state index in [-0.39, 0.29) is 6.23 Å². The van der Waals surface area contributed by atoms with Crippen LogP contribution in [-0.4, -0.2) is 15.1 Å². The van der Waals surface area contributed by atoms with Crippen molar-refractivity contribution in [3.05, 3.63) is 77.3 Å². The minimum Gasteiger partial charge on any atom is -0.404 e. The number of fused-ring (bicyclic) bond motifs is 1. The van der Waals surface area contributed by atoms with Crippen LogP contribution in [0.1, 0.15) is 5.69 Å². The zero-order valence-electron chi connectivity index (χ0n) is 11.8. The van der Waals surface area contributed by atoms with E-state index >= 15 is 0 Å². The summed E-state index contributed by atoms with van der Waals surface area (Å²) in [6.45, 7) is 0. The minimum atomic E-state index is 0.0775. The Morgan fingerprint density at radius 2 is 2.17 bits per heavy atom. The van der Waals surface area contributed by atoms with Crippen molar-refractivity contribution in [2.24, 2.45) is 0 Å². The van der Waals surface area contributed by atoms with Gasteiger partial charge in [-0.1, -0.05) is 35.9 Å². The van der Waals surface area contributed by atoms with Crippen LogP contribution in [0.25, 0.3) is 21.5 Å². The second kappa shape index (κ2) is 5.70. The Labute approximate surface area is 141 Å². The smallest absolute Gasteiger partial charge is 0.249 e. The van der Waals surface area contributed by atoms with E-state index in [2.05, 4.69) is 9.97 Å². The van der Waals surface area contributed by atoms with Gasteiger partial charge in [0.2, 0.25) is 5.01 Å². The van der Waals surface area contributed by atoms with Crippen LogP contribution in [0, 0.1) is 6.23 Å². The molecule has 0 spiro atoms.